The molecule has 0 saturated carbocycles. The van der Waals surface area contributed by atoms with Crippen LogP contribution in [0.2, 0.25) is 5.02 Å². The molecule has 2 aromatic rings. The Morgan fingerprint density at radius 2 is 2.00 bits per heavy atom. The minimum Gasteiger partial charge on any atom is -0.497 e. The maximum Gasteiger partial charge on any atom is 0.317 e. The van der Waals surface area contributed by atoms with Crippen molar-refractivity contribution in [1.29, 1.82) is 0 Å². The molecule has 0 bridgehead atoms. The van der Waals surface area contributed by atoms with Gasteiger partial charge in [0.25, 0.3) is 0 Å². The first-order valence-electron chi connectivity index (χ1n) is 9.48. The molecule has 2 heterocycles. The summed E-state index contributed by atoms with van der Waals surface area (Å²) in [5.41, 5.74) is 2.15. The van der Waals surface area contributed by atoms with Crippen LogP contribution in [-0.2, 0) is 6.42 Å². The fourth-order valence-corrected chi connectivity index (χ4v) is 3.88. The summed E-state index contributed by atoms with van der Waals surface area (Å²) in [4.78, 5) is 16.8. The molecule has 148 valence electrons. The molecule has 1 unspecified atom stereocenters. The Morgan fingerprint density at radius 1 is 1.18 bits per heavy atom. The third-order valence-corrected chi connectivity index (χ3v) is 5.48. The SMILES string of the molecule is COc1ccc2c(c1)CC(NC(=O)N1CCN(c3cccc(Cl)c3)CC1)CO2. The zero-order valence-corrected chi connectivity index (χ0v) is 16.6. The van der Waals surface area contributed by atoms with Crippen molar-refractivity contribution in [2.75, 3.05) is 44.8 Å². The Kier molecular flexibility index (Phi) is 5.48. The number of anilines is 1. The van der Waals surface area contributed by atoms with E-state index in [-0.39, 0.29) is 12.1 Å². The predicted octanol–water partition coefficient (Wildman–Crippen LogP) is 3.18. The molecule has 7 heteroatoms. The lowest BCUT2D eigenvalue weighted by Crippen LogP contribution is -2.55. The van der Waals surface area contributed by atoms with Crippen LogP contribution in [-0.4, -0.2) is 56.9 Å². The van der Waals surface area contributed by atoms with Crippen molar-refractivity contribution in [1.82, 2.24) is 10.2 Å². The molecule has 1 fully saturated rings. The molecule has 0 spiro atoms. The summed E-state index contributed by atoms with van der Waals surface area (Å²) in [5, 5.41) is 3.84. The van der Waals surface area contributed by atoms with Crippen molar-refractivity contribution >= 4 is 23.3 Å². The number of fused-ring (bicyclic) bond motifs is 1. The van der Waals surface area contributed by atoms with Crippen LogP contribution in [0.1, 0.15) is 5.56 Å². The van der Waals surface area contributed by atoms with Crippen LogP contribution in [0.3, 0.4) is 0 Å². The molecule has 28 heavy (non-hydrogen) atoms. The van der Waals surface area contributed by atoms with Gasteiger partial charge >= 0.3 is 6.03 Å². The number of hydrogen-bond acceptors (Lipinski definition) is 4. The minimum absolute atomic E-state index is 0.0364. The number of urea groups is 1. The largest absolute Gasteiger partial charge is 0.497 e. The van der Waals surface area contributed by atoms with Crippen molar-refractivity contribution in [3.05, 3.63) is 53.1 Å². The minimum atomic E-state index is -0.0435. The lowest BCUT2D eigenvalue weighted by atomic mass is 10.0. The molecular formula is C21H24ClN3O3. The third-order valence-electron chi connectivity index (χ3n) is 5.24. The monoisotopic (exact) mass is 401 g/mol. The number of nitrogens with zero attached hydrogens (tertiary/aromatic N) is 2. The van der Waals surface area contributed by atoms with E-state index in [1.807, 2.05) is 47.4 Å². The second-order valence-corrected chi connectivity index (χ2v) is 7.53. The van der Waals surface area contributed by atoms with E-state index in [9.17, 15) is 4.79 Å². The van der Waals surface area contributed by atoms with Gasteiger partial charge in [0.2, 0.25) is 0 Å². The predicted molar refractivity (Wildman–Crippen MR) is 110 cm³/mol. The van der Waals surface area contributed by atoms with Gasteiger partial charge in [-0.3, -0.25) is 0 Å². The average molecular weight is 402 g/mol. The molecule has 2 aliphatic rings. The molecule has 0 aliphatic carbocycles. The third kappa shape index (κ3) is 4.12. The molecular weight excluding hydrogens is 378 g/mol. The highest BCUT2D eigenvalue weighted by Gasteiger charge is 2.26. The van der Waals surface area contributed by atoms with Gasteiger partial charge in [-0.25, -0.2) is 4.79 Å². The van der Waals surface area contributed by atoms with Crippen molar-refractivity contribution in [3.8, 4) is 11.5 Å². The van der Waals surface area contributed by atoms with Gasteiger partial charge in [0.1, 0.15) is 18.1 Å². The molecule has 1 N–H and O–H groups in total. The van der Waals surface area contributed by atoms with Crippen LogP contribution in [0.4, 0.5) is 10.5 Å². The van der Waals surface area contributed by atoms with Crippen molar-refractivity contribution < 1.29 is 14.3 Å². The van der Waals surface area contributed by atoms with Crippen LogP contribution in [0.25, 0.3) is 0 Å². The number of rotatable bonds is 3. The van der Waals surface area contributed by atoms with Gasteiger partial charge in [-0.2, -0.15) is 0 Å². The standard InChI is InChI=1S/C21H24ClN3O3/c1-27-19-5-6-20-15(12-19)11-17(14-28-20)23-21(26)25-9-7-24(8-10-25)18-4-2-3-16(22)13-18/h2-6,12-13,17H,7-11,14H2,1H3,(H,23,26). The number of methoxy groups -OCH3 is 1. The van der Waals surface area contributed by atoms with E-state index in [1.54, 1.807) is 7.11 Å². The summed E-state index contributed by atoms with van der Waals surface area (Å²) in [7, 11) is 1.65. The van der Waals surface area contributed by atoms with Crippen molar-refractivity contribution in [2.24, 2.45) is 0 Å². The maximum absolute atomic E-state index is 12.7. The number of carbonyl (C=O) groups excluding carboxylic acids is 1. The highest BCUT2D eigenvalue weighted by Crippen LogP contribution is 2.28. The second kappa shape index (κ2) is 8.19. The molecule has 2 aromatic carbocycles. The van der Waals surface area contributed by atoms with E-state index in [2.05, 4.69) is 10.2 Å². The van der Waals surface area contributed by atoms with E-state index in [1.165, 1.54) is 0 Å². The Hall–Kier alpha value is -2.60. The quantitative estimate of drug-likeness (QED) is 0.858. The highest BCUT2D eigenvalue weighted by atomic mass is 35.5. The van der Waals surface area contributed by atoms with Crippen LogP contribution in [0, 0.1) is 0 Å². The summed E-state index contributed by atoms with van der Waals surface area (Å²) in [5.74, 6) is 1.66. The number of nitrogens with one attached hydrogen (secondary N) is 1. The molecule has 6 nitrogen and oxygen atoms in total. The first kappa shape index (κ1) is 18.7. The number of benzene rings is 2. The highest BCUT2D eigenvalue weighted by molar-refractivity contribution is 6.30. The summed E-state index contributed by atoms with van der Waals surface area (Å²) in [6.45, 7) is 3.41. The lowest BCUT2D eigenvalue weighted by molar-refractivity contribution is 0.178. The fourth-order valence-electron chi connectivity index (χ4n) is 3.70. The molecule has 4 rings (SSSR count). The molecule has 0 aromatic heterocycles. The van der Waals surface area contributed by atoms with E-state index in [0.717, 1.165) is 47.3 Å². The van der Waals surface area contributed by atoms with Gasteiger partial charge in [-0.15, -0.1) is 0 Å². The van der Waals surface area contributed by atoms with Crippen LogP contribution in [0.15, 0.2) is 42.5 Å². The van der Waals surface area contributed by atoms with Crippen LogP contribution < -0.4 is 19.7 Å². The van der Waals surface area contributed by atoms with Crippen LogP contribution >= 0.6 is 11.6 Å². The number of hydrogen-bond donors (Lipinski definition) is 1. The molecule has 1 saturated heterocycles. The van der Waals surface area contributed by atoms with Gasteiger partial charge in [0.15, 0.2) is 0 Å². The molecule has 0 radical (unpaired) electrons. The van der Waals surface area contributed by atoms with Gasteiger partial charge < -0.3 is 24.6 Å². The normalized spacial score (nSPS) is 18.9. The van der Waals surface area contributed by atoms with E-state index in [4.69, 9.17) is 21.1 Å². The second-order valence-electron chi connectivity index (χ2n) is 7.09. The van der Waals surface area contributed by atoms with Gasteiger partial charge in [0, 0.05) is 36.9 Å². The zero-order valence-electron chi connectivity index (χ0n) is 15.9. The zero-order chi connectivity index (χ0) is 19.5. The molecule has 1 atom stereocenters. The first-order valence-corrected chi connectivity index (χ1v) is 9.86. The van der Waals surface area contributed by atoms with Gasteiger partial charge in [-0.1, -0.05) is 17.7 Å². The van der Waals surface area contributed by atoms with Crippen molar-refractivity contribution in [3.63, 3.8) is 0 Å². The summed E-state index contributed by atoms with van der Waals surface area (Å²) in [6, 6.07) is 13.5. The average Bonchev–Trinajstić information content (AvgIpc) is 2.73. The number of halogens is 1. The number of carbonyl (C=O) groups is 1. The van der Waals surface area contributed by atoms with E-state index in [0.29, 0.717) is 19.7 Å². The fraction of sp³-hybridized carbons (Fsp3) is 0.381. The van der Waals surface area contributed by atoms with E-state index >= 15 is 0 Å². The summed E-state index contributed by atoms with van der Waals surface area (Å²) >= 11 is 6.09. The molecule has 2 aliphatic heterocycles. The Morgan fingerprint density at radius 3 is 2.75 bits per heavy atom. The lowest BCUT2D eigenvalue weighted by Gasteiger charge is -2.37. The van der Waals surface area contributed by atoms with Crippen LogP contribution in [0.5, 0.6) is 11.5 Å². The number of ether oxygens (including phenoxy) is 2. The maximum atomic E-state index is 12.7. The Bertz CT molecular complexity index is 853. The topological polar surface area (TPSA) is 54.0 Å². The Balaban J connectivity index is 1.31. The number of amides is 2. The van der Waals surface area contributed by atoms with Gasteiger partial charge in [0.05, 0.1) is 13.2 Å². The van der Waals surface area contributed by atoms with E-state index < -0.39 is 0 Å². The van der Waals surface area contributed by atoms with Crippen molar-refractivity contribution in [2.45, 2.75) is 12.5 Å². The molecule has 2 amide bonds. The smallest absolute Gasteiger partial charge is 0.317 e. The van der Waals surface area contributed by atoms with Gasteiger partial charge in [-0.05, 0) is 48.4 Å². The summed E-state index contributed by atoms with van der Waals surface area (Å²) < 4.78 is 11.1. The first-order chi connectivity index (χ1) is 13.6. The summed E-state index contributed by atoms with van der Waals surface area (Å²) in [6.07, 6.45) is 0.737. The number of piperazine rings is 1. The Labute approximate surface area is 170 Å².